The highest BCUT2D eigenvalue weighted by molar-refractivity contribution is 5.59. The number of hydrogen-bond acceptors (Lipinski definition) is 2. The van der Waals surface area contributed by atoms with Crippen molar-refractivity contribution in [3.05, 3.63) is 28.8 Å². The third-order valence-electron chi connectivity index (χ3n) is 2.87. The molecule has 0 heterocycles. The Labute approximate surface area is 110 Å². The van der Waals surface area contributed by atoms with Crippen LogP contribution >= 0.6 is 0 Å². The molecule has 1 aromatic carbocycles. The summed E-state index contributed by atoms with van der Waals surface area (Å²) in [6.07, 6.45) is 3.69. The molecule has 1 rings (SSSR count). The molecule has 1 aromatic rings. The highest BCUT2D eigenvalue weighted by Gasteiger charge is 2.10. The van der Waals surface area contributed by atoms with Gasteiger partial charge in [-0.05, 0) is 48.3 Å². The van der Waals surface area contributed by atoms with Gasteiger partial charge in [-0.1, -0.05) is 39.8 Å². The first-order valence-corrected chi connectivity index (χ1v) is 6.64. The second-order valence-corrected chi connectivity index (χ2v) is 5.82. The normalized spacial score (nSPS) is 10.8. The van der Waals surface area contributed by atoms with Crippen LogP contribution in [0.4, 0.5) is 5.69 Å². The van der Waals surface area contributed by atoms with Gasteiger partial charge in [0.2, 0.25) is 6.08 Å². The van der Waals surface area contributed by atoms with Crippen molar-refractivity contribution in [2.45, 2.75) is 47.5 Å². The third-order valence-corrected chi connectivity index (χ3v) is 2.87. The van der Waals surface area contributed by atoms with Gasteiger partial charge in [-0.2, -0.15) is 4.99 Å². The SMILES string of the molecule is Cc1cc(CC(C)C)cc(CC(C)C)c1N=C=O. The van der Waals surface area contributed by atoms with Crippen molar-refractivity contribution < 1.29 is 4.79 Å². The van der Waals surface area contributed by atoms with Gasteiger partial charge in [-0.3, -0.25) is 0 Å². The summed E-state index contributed by atoms with van der Waals surface area (Å²) in [4.78, 5) is 14.4. The van der Waals surface area contributed by atoms with Crippen LogP contribution in [0.1, 0.15) is 44.4 Å². The van der Waals surface area contributed by atoms with Crippen LogP contribution in [0.15, 0.2) is 17.1 Å². The summed E-state index contributed by atoms with van der Waals surface area (Å²) in [5.41, 5.74) is 4.39. The molecule has 0 amide bonds. The van der Waals surface area contributed by atoms with Crippen molar-refractivity contribution in [2.24, 2.45) is 16.8 Å². The summed E-state index contributed by atoms with van der Waals surface area (Å²) in [6, 6.07) is 4.34. The predicted molar refractivity (Wildman–Crippen MR) is 76.0 cm³/mol. The zero-order chi connectivity index (χ0) is 13.7. The van der Waals surface area contributed by atoms with Crippen LogP contribution in [0.5, 0.6) is 0 Å². The standard InChI is InChI=1S/C16H23NO/c1-11(2)6-14-8-13(5)16(17-10-18)15(9-14)7-12(3)4/h8-9,11-12H,6-7H2,1-5H3. The maximum absolute atomic E-state index is 10.5. The second-order valence-electron chi connectivity index (χ2n) is 5.82. The van der Waals surface area contributed by atoms with Crippen LogP contribution in [-0.2, 0) is 17.6 Å². The Morgan fingerprint density at radius 1 is 1.11 bits per heavy atom. The van der Waals surface area contributed by atoms with Crippen molar-refractivity contribution in [2.75, 3.05) is 0 Å². The Kier molecular flexibility index (Phi) is 5.30. The summed E-state index contributed by atoms with van der Waals surface area (Å²) >= 11 is 0. The zero-order valence-electron chi connectivity index (χ0n) is 12.1. The lowest BCUT2D eigenvalue weighted by Crippen LogP contribution is -2.00. The number of aryl methyl sites for hydroxylation is 1. The van der Waals surface area contributed by atoms with Gasteiger partial charge in [0.1, 0.15) is 0 Å². The number of carbonyl (C=O) groups excluding carboxylic acids is 1. The van der Waals surface area contributed by atoms with Gasteiger partial charge in [-0.25, -0.2) is 4.79 Å². The molecule has 2 nitrogen and oxygen atoms in total. The molecule has 0 aliphatic heterocycles. The van der Waals surface area contributed by atoms with E-state index >= 15 is 0 Å². The molecular formula is C16H23NO. The molecule has 0 atom stereocenters. The molecule has 0 radical (unpaired) electrons. The molecule has 0 N–H and O–H groups in total. The predicted octanol–water partition coefficient (Wildman–Crippen LogP) is 4.36. The zero-order valence-corrected chi connectivity index (χ0v) is 12.1. The fourth-order valence-corrected chi connectivity index (χ4v) is 2.32. The van der Waals surface area contributed by atoms with Gasteiger partial charge in [0.25, 0.3) is 0 Å². The molecule has 2 heteroatoms. The molecule has 0 aliphatic rings. The van der Waals surface area contributed by atoms with E-state index in [4.69, 9.17) is 0 Å². The highest BCUT2D eigenvalue weighted by atomic mass is 16.1. The third kappa shape index (κ3) is 4.12. The minimum absolute atomic E-state index is 0.555. The second kappa shape index (κ2) is 6.51. The Balaban J connectivity index is 3.22. The number of benzene rings is 1. The van der Waals surface area contributed by atoms with Crippen molar-refractivity contribution >= 4 is 11.8 Å². The molecule has 0 fully saturated rings. The first-order chi connectivity index (χ1) is 8.43. The topological polar surface area (TPSA) is 29.4 Å². The van der Waals surface area contributed by atoms with E-state index < -0.39 is 0 Å². The molecule has 0 aliphatic carbocycles. The van der Waals surface area contributed by atoms with Gasteiger partial charge in [-0.15, -0.1) is 0 Å². The van der Waals surface area contributed by atoms with Gasteiger partial charge >= 0.3 is 0 Å². The molecule has 0 bridgehead atoms. The minimum atomic E-state index is 0.555. The molecule has 0 saturated heterocycles. The minimum Gasteiger partial charge on any atom is -0.211 e. The number of nitrogens with zero attached hydrogens (tertiary/aromatic N) is 1. The van der Waals surface area contributed by atoms with Crippen LogP contribution in [0.3, 0.4) is 0 Å². The van der Waals surface area contributed by atoms with Crippen LogP contribution < -0.4 is 0 Å². The fraction of sp³-hybridized carbons (Fsp3) is 0.562. The molecular weight excluding hydrogens is 222 g/mol. The Morgan fingerprint density at radius 3 is 2.22 bits per heavy atom. The molecule has 0 spiro atoms. The number of aliphatic imine (C=N–C) groups is 1. The van der Waals surface area contributed by atoms with Crippen molar-refractivity contribution in [1.29, 1.82) is 0 Å². The van der Waals surface area contributed by atoms with E-state index in [-0.39, 0.29) is 0 Å². The summed E-state index contributed by atoms with van der Waals surface area (Å²) < 4.78 is 0. The van der Waals surface area contributed by atoms with Crippen LogP contribution in [-0.4, -0.2) is 6.08 Å². The van der Waals surface area contributed by atoms with Crippen molar-refractivity contribution in [3.63, 3.8) is 0 Å². The van der Waals surface area contributed by atoms with Gasteiger partial charge in [0, 0.05) is 0 Å². The lowest BCUT2D eigenvalue weighted by atomic mass is 9.93. The average Bonchev–Trinajstić information content (AvgIpc) is 2.21. The average molecular weight is 245 g/mol. The van der Waals surface area contributed by atoms with E-state index in [2.05, 4.69) is 44.8 Å². The smallest absolute Gasteiger partial charge is 0.211 e. The fourth-order valence-electron chi connectivity index (χ4n) is 2.32. The number of isocyanates is 1. The molecule has 18 heavy (non-hydrogen) atoms. The van der Waals surface area contributed by atoms with Crippen molar-refractivity contribution in [3.8, 4) is 0 Å². The molecule has 98 valence electrons. The highest BCUT2D eigenvalue weighted by Crippen LogP contribution is 2.28. The van der Waals surface area contributed by atoms with E-state index in [1.165, 1.54) is 11.1 Å². The van der Waals surface area contributed by atoms with Gasteiger partial charge in [0.05, 0.1) is 5.69 Å². The van der Waals surface area contributed by atoms with E-state index in [0.29, 0.717) is 11.8 Å². The summed E-state index contributed by atoms with van der Waals surface area (Å²) in [6.45, 7) is 10.8. The Hall–Kier alpha value is -1.40. The largest absolute Gasteiger partial charge is 0.240 e. The van der Waals surface area contributed by atoms with E-state index in [1.807, 2.05) is 6.92 Å². The van der Waals surface area contributed by atoms with Crippen LogP contribution in [0.25, 0.3) is 0 Å². The summed E-state index contributed by atoms with van der Waals surface area (Å²) in [7, 11) is 0. The maximum atomic E-state index is 10.5. The lowest BCUT2D eigenvalue weighted by Gasteiger charge is -2.14. The number of hydrogen-bond donors (Lipinski definition) is 0. The quantitative estimate of drug-likeness (QED) is 0.560. The van der Waals surface area contributed by atoms with Crippen LogP contribution in [0, 0.1) is 18.8 Å². The van der Waals surface area contributed by atoms with E-state index in [1.54, 1.807) is 6.08 Å². The summed E-state index contributed by atoms with van der Waals surface area (Å²) in [5.74, 6) is 1.19. The van der Waals surface area contributed by atoms with E-state index in [9.17, 15) is 4.79 Å². The monoisotopic (exact) mass is 245 g/mol. The first-order valence-electron chi connectivity index (χ1n) is 6.64. The lowest BCUT2D eigenvalue weighted by molar-refractivity contribution is 0.565. The molecule has 0 aromatic heterocycles. The molecule has 0 saturated carbocycles. The maximum Gasteiger partial charge on any atom is 0.240 e. The van der Waals surface area contributed by atoms with E-state index in [0.717, 1.165) is 24.1 Å². The first kappa shape index (κ1) is 14.7. The Morgan fingerprint density at radius 2 is 1.72 bits per heavy atom. The van der Waals surface area contributed by atoms with Crippen LogP contribution in [0.2, 0.25) is 0 Å². The molecule has 0 unspecified atom stereocenters. The summed E-state index contributed by atoms with van der Waals surface area (Å²) in [5, 5.41) is 0. The van der Waals surface area contributed by atoms with Gasteiger partial charge < -0.3 is 0 Å². The number of rotatable bonds is 5. The van der Waals surface area contributed by atoms with Gasteiger partial charge in [0.15, 0.2) is 0 Å². The van der Waals surface area contributed by atoms with Crippen molar-refractivity contribution in [1.82, 2.24) is 0 Å². The Bertz CT molecular complexity index is 454.